The van der Waals surface area contributed by atoms with E-state index in [0.717, 1.165) is 89.3 Å². The molecule has 0 radical (unpaired) electrons. The number of rotatable bonds is 15. The molecule has 9 aromatic rings. The number of methoxy groups -OCH3 is 3. The monoisotopic (exact) mass is 2090 g/mol. The van der Waals surface area contributed by atoms with Gasteiger partial charge in [0.1, 0.15) is 64.2 Å². The Morgan fingerprint density at radius 1 is 0.396 bits per heavy atom. The smallest absolute Gasteiger partial charge is 0.870 e. The molecule has 794 valence electrons. The summed E-state index contributed by atoms with van der Waals surface area (Å²) < 4.78 is 157. The Morgan fingerprint density at radius 3 is 1.04 bits per heavy atom. The normalized spacial score (nSPS) is 19.0. The van der Waals surface area contributed by atoms with Crippen LogP contribution in [-0.2, 0) is 62.0 Å². The summed E-state index contributed by atoms with van der Waals surface area (Å²) >= 11 is 5.32. The molecule has 9 aromatic carbocycles. The van der Waals surface area contributed by atoms with Crippen molar-refractivity contribution in [3.63, 3.8) is 0 Å². The second kappa shape index (κ2) is 54.5. The van der Waals surface area contributed by atoms with E-state index < -0.39 is 130 Å². The Bertz CT molecular complexity index is 5950. The minimum atomic E-state index is -1.09. The van der Waals surface area contributed by atoms with Crippen LogP contribution in [0.5, 0.6) is 23.0 Å². The van der Waals surface area contributed by atoms with Crippen LogP contribution < -0.4 is 57.8 Å². The largest absolute Gasteiger partial charge is 1.00 e. The third-order valence-electron chi connectivity index (χ3n) is 25.9. The fourth-order valence-corrected chi connectivity index (χ4v) is 18.9. The first-order valence-corrected chi connectivity index (χ1v) is 49.2. The Kier molecular flexibility index (Phi) is 42.9. The predicted molar refractivity (Wildman–Crippen MR) is 535 cm³/mol. The van der Waals surface area contributed by atoms with Crippen LogP contribution in [0, 0.1) is 46.5 Å². The van der Waals surface area contributed by atoms with Gasteiger partial charge in [-0.1, -0.05) is 159 Å². The fraction of sp³-hybridized carbons (Fsp3) is 0.418. The Hall–Kier alpha value is -13.6. The molecule has 0 aliphatic carbocycles. The average molecular weight is 2090 g/mol. The summed E-state index contributed by atoms with van der Waals surface area (Å²) in [5.41, 5.74) is 4.74. The number of benzene rings is 9. The van der Waals surface area contributed by atoms with E-state index in [1.54, 1.807) is 53.4 Å². The third kappa shape index (κ3) is 31.0. The van der Waals surface area contributed by atoms with Crippen molar-refractivity contribution in [1.82, 2.24) is 19.6 Å². The molecule has 1 unspecified atom stereocenters. The Labute approximate surface area is 877 Å². The number of piperidine rings is 4. The average Bonchev–Trinajstić information content (AvgIpc) is 1.80. The molecule has 0 bridgehead atoms. The molecule has 4 amide bonds. The van der Waals surface area contributed by atoms with Crippen LogP contribution in [0.2, 0.25) is 0 Å². The van der Waals surface area contributed by atoms with Crippen molar-refractivity contribution >= 4 is 93.3 Å². The molecule has 4 fully saturated rings. The first kappa shape index (κ1) is 117. The summed E-state index contributed by atoms with van der Waals surface area (Å²) in [7, 11) is 3.81. The van der Waals surface area contributed by atoms with E-state index in [9.17, 15) is 88.2 Å². The molecule has 3 N–H and O–H groups in total. The van der Waals surface area contributed by atoms with Gasteiger partial charge in [0.2, 0.25) is 17.1 Å². The van der Waals surface area contributed by atoms with Gasteiger partial charge in [-0.25, -0.2) is 63.9 Å². The number of carbonyl (C=O) groups is 10. The van der Waals surface area contributed by atoms with Gasteiger partial charge in [0.15, 0.2) is 46.5 Å². The molecule has 149 heavy (non-hydrogen) atoms. The molecule has 29 nitrogen and oxygen atoms in total. The Balaban J connectivity index is 0.000000192. The number of aliphatic carboxylic acids is 1. The number of fused-ring (bicyclic) bond motifs is 4. The van der Waals surface area contributed by atoms with Crippen molar-refractivity contribution in [2.75, 3.05) is 120 Å². The summed E-state index contributed by atoms with van der Waals surface area (Å²) in [6.45, 7) is 17.3. The maximum absolute atomic E-state index is 14.2. The Morgan fingerprint density at radius 2 is 0.691 bits per heavy atom. The van der Waals surface area contributed by atoms with Crippen LogP contribution in [0.25, 0.3) is 0 Å². The van der Waals surface area contributed by atoms with Gasteiger partial charge in [0.05, 0.1) is 88.3 Å². The molecule has 0 saturated carbocycles. The molecular weight excluding hydrogens is 1960 g/mol. The van der Waals surface area contributed by atoms with Crippen LogP contribution in [0.3, 0.4) is 0 Å². The molecule has 39 heteroatoms. The van der Waals surface area contributed by atoms with E-state index in [4.69, 9.17) is 49.5 Å². The summed E-state index contributed by atoms with van der Waals surface area (Å²) in [5.74, 6) is -11.0. The van der Waals surface area contributed by atoms with E-state index in [1.807, 2.05) is 166 Å². The van der Waals surface area contributed by atoms with Gasteiger partial charge in [-0.2, -0.15) is 0 Å². The number of carbonyl (C=O) groups excluding carboxylic acids is 9. The van der Waals surface area contributed by atoms with E-state index in [0.29, 0.717) is 126 Å². The van der Waals surface area contributed by atoms with Crippen LogP contribution in [-0.4, -0.2) is 243 Å². The third-order valence-corrected chi connectivity index (χ3v) is 26.2. The van der Waals surface area contributed by atoms with Gasteiger partial charge < -0.3 is 83.0 Å². The van der Waals surface area contributed by atoms with Crippen molar-refractivity contribution in [2.45, 2.75) is 197 Å². The number of ketones is 1. The second-order valence-corrected chi connectivity index (χ2v) is 38.5. The van der Waals surface area contributed by atoms with Crippen molar-refractivity contribution in [3.8, 4) is 23.0 Å². The number of nitrogens with zero attached hydrogens (tertiary/aromatic N) is 7. The molecular formula is C110H124ClF8LiN8O21. The van der Waals surface area contributed by atoms with E-state index in [2.05, 4.69) is 10.1 Å². The molecule has 0 aromatic heterocycles. The zero-order chi connectivity index (χ0) is 106. The minimum absolute atomic E-state index is 0. The van der Waals surface area contributed by atoms with Crippen molar-refractivity contribution < 1.29 is 155 Å². The number of carboxylic acid groups (broad SMARTS) is 1. The van der Waals surface area contributed by atoms with Crippen LogP contribution in [0.1, 0.15) is 171 Å². The van der Waals surface area contributed by atoms with Crippen LogP contribution >= 0.6 is 11.6 Å². The van der Waals surface area contributed by atoms with Gasteiger partial charge in [-0.15, -0.1) is 0 Å². The maximum atomic E-state index is 14.2. The molecule has 8 heterocycles. The number of ether oxygens (including phenoxy) is 9. The zero-order valence-corrected chi connectivity index (χ0v) is 85.7. The summed E-state index contributed by atoms with van der Waals surface area (Å²) in [6.07, 6.45) is 4.15. The number of Topliss-reactive ketones (excluding diaryl/α,β-unsaturated/α-hetero) is 1. The van der Waals surface area contributed by atoms with E-state index in [1.165, 1.54) is 36.0 Å². The first-order valence-electron chi connectivity index (χ1n) is 48.8. The topological polar surface area (TPSA) is 339 Å². The van der Waals surface area contributed by atoms with Gasteiger partial charge in [-0.05, 0) is 145 Å². The molecule has 17 rings (SSSR count). The minimum Gasteiger partial charge on any atom is -0.870 e. The zero-order valence-electron chi connectivity index (χ0n) is 85.0. The van der Waals surface area contributed by atoms with Gasteiger partial charge in [-0.3, -0.25) is 29.0 Å². The summed E-state index contributed by atoms with van der Waals surface area (Å²) in [5, 5.41) is 12.8. The second-order valence-electron chi connectivity index (χ2n) is 38.1. The molecule has 8 atom stereocenters. The number of likely N-dealkylation sites (tertiary alicyclic amines) is 4. The van der Waals surface area contributed by atoms with Crippen LogP contribution in [0.4, 0.5) is 67.5 Å². The van der Waals surface area contributed by atoms with Crippen molar-refractivity contribution in [2.24, 2.45) is 0 Å². The summed E-state index contributed by atoms with van der Waals surface area (Å²) in [4.78, 5) is 136. The standard InChI is InChI=1S/C30H30F2N2O4.C29H28F2N2O4.C21H28F2N2O5.C12H19NO5.C9H9ClO.C9H9F2NO.Li.H2O/c1-37-30(36)26-17-22(33-14-8-16-38-27-19-24(32)23(31)18-25(27)33)13-15-34(26)29(35)28(20-9-4-2-5-10-20)21-11-6-3-7-12-21;30-22-17-24-26(18-23(22)31)37-15-7-13-32(24)21-12-14-33(25(16-21)29(35)36)28(34)27(19-8-3-1-4-9-19)20-10-5-2-6-11-20;1-21(2,3)30-20(27)25-8-6-13(10-17(25)19(26)28-4)24-7-5-9-29-18-12-15(23)14(22)11-16(18)24;1-12(2,3)18-11(16)13-6-5-8(14)7-9(13)10(15)17-4;1-7(9(10)11)8-5-3-2-4-6-8;10-6-4-8-9(5-7(6)11)13-3-1-2-12-8;;/h2-7,9-12,18-19,22,26,28H,8,13-17H2,1H3;1-6,8-11,17-18,21,25,27H,7,12-16H2,(H,35,36);11-13,17H,5-10H2,1-4H3;9H,5-7H2,1-4H3;2-7H,1H3;4-5,12H,1-3H2;;1H2/q;;;;;;+1;/p-1/t22-,26+;21-,25+;13-,17+;9-;;;;/m1110..../s1. The number of carboxylic acids is 1. The maximum Gasteiger partial charge on any atom is 1.00 e. The molecule has 4 saturated heterocycles. The molecule has 0 spiro atoms. The van der Waals surface area contributed by atoms with Gasteiger partial charge >= 0.3 is 54.9 Å². The van der Waals surface area contributed by atoms with Crippen molar-refractivity contribution in [1.29, 1.82) is 0 Å². The number of hydrogen-bond donors (Lipinski definition) is 2. The van der Waals surface area contributed by atoms with E-state index in [-0.39, 0.29) is 134 Å². The van der Waals surface area contributed by atoms with Gasteiger partial charge in [0.25, 0.3) is 0 Å². The number of halogens is 9. The summed E-state index contributed by atoms with van der Waals surface area (Å²) in [6, 6.07) is 51.7. The number of anilines is 4. The van der Waals surface area contributed by atoms with E-state index >= 15 is 0 Å². The number of hydrogen-bond acceptors (Lipinski definition) is 24. The first-order chi connectivity index (χ1) is 70.2. The number of amides is 4. The predicted octanol–water partition coefficient (Wildman–Crippen LogP) is 15.9. The van der Waals surface area contributed by atoms with Gasteiger partial charge in [0, 0.05) is 132 Å². The number of nitrogens with one attached hydrogen (secondary N) is 1. The van der Waals surface area contributed by atoms with Crippen LogP contribution in [0.15, 0.2) is 200 Å². The fourth-order valence-electron chi connectivity index (χ4n) is 18.8. The number of esters is 3. The quantitative estimate of drug-likeness (QED) is 0.0316. The molecule has 8 aliphatic heterocycles. The SMILES string of the molecule is CC(C(=O)Cl)c1ccccc1.COC(=O)[C@@H]1CC(=O)CCN1C(=O)OC(C)(C)C.COC(=O)[C@@H]1C[C@H](N2CCCOc3cc(F)c(F)cc32)CCN1C(=O)C(c1ccccc1)c1ccccc1.COC(=O)[C@@H]1C[C@H](N2CCCOc3cc(F)c(F)cc32)CCN1C(=O)OC(C)(C)C.Fc1cc2c(cc1F)OCCCN2.O=C(O)[C@@H]1C[C@H](N2CCCOc3cc(F)c(F)cc32)CCN1C(=O)C(c1ccccc1)c1ccccc1.[Li+].[OH-]. The van der Waals surface area contributed by atoms with Crippen molar-refractivity contribution in [3.05, 3.63) is 275 Å². The molecule has 8 aliphatic rings.